The average Bonchev–Trinajstić information content (AvgIpc) is 2.48. The number of oxime groups is 1. The van der Waals surface area contributed by atoms with Crippen LogP contribution in [0.1, 0.15) is 24.6 Å². The second kappa shape index (κ2) is 5.41. The Morgan fingerprint density at radius 1 is 1.15 bits per heavy atom. The zero-order valence-electron chi connectivity index (χ0n) is 11.7. The zero-order chi connectivity index (χ0) is 13.9. The van der Waals surface area contributed by atoms with Crippen LogP contribution < -0.4 is 0 Å². The van der Waals surface area contributed by atoms with Crippen LogP contribution in [0.5, 0.6) is 0 Å². The van der Waals surface area contributed by atoms with Crippen molar-refractivity contribution in [3.05, 3.63) is 47.7 Å². The van der Waals surface area contributed by atoms with Crippen molar-refractivity contribution in [2.24, 2.45) is 11.1 Å². The number of nitrogens with zero attached hydrogens (tertiary/aromatic N) is 3. The molecule has 1 aliphatic rings. The lowest BCUT2D eigenvalue weighted by atomic mass is 9.86. The molecule has 4 nitrogen and oxygen atoms in total. The number of hydrogen-bond acceptors (Lipinski definition) is 4. The number of hydrogen-bond donors (Lipinski definition) is 0. The van der Waals surface area contributed by atoms with Gasteiger partial charge in [0.1, 0.15) is 7.11 Å². The van der Waals surface area contributed by atoms with Crippen LogP contribution in [-0.2, 0) is 11.3 Å². The standard InChI is InChI=1S/C16H17N3O/c1-11-8-15-13(16(9-11)19-20-2)10-14(17-18-15)12-6-4-3-5-7-12/h3-7,10-11H,8-9H2,1-2H3/b19-16+/t11-/m1/s1. The average molecular weight is 267 g/mol. The van der Waals surface area contributed by atoms with Gasteiger partial charge in [-0.3, -0.25) is 0 Å². The molecule has 20 heavy (non-hydrogen) atoms. The highest BCUT2D eigenvalue weighted by Gasteiger charge is 2.23. The van der Waals surface area contributed by atoms with Crippen LogP contribution in [0, 0.1) is 5.92 Å². The summed E-state index contributed by atoms with van der Waals surface area (Å²) < 4.78 is 0. The van der Waals surface area contributed by atoms with Crippen molar-refractivity contribution in [2.45, 2.75) is 19.8 Å². The minimum atomic E-state index is 0.522. The SMILES string of the molecule is CO/N=C1\C[C@H](C)Cc2nnc(-c3ccccc3)cc21. The molecule has 2 aromatic rings. The molecule has 0 radical (unpaired) electrons. The summed E-state index contributed by atoms with van der Waals surface area (Å²) >= 11 is 0. The summed E-state index contributed by atoms with van der Waals surface area (Å²) in [5, 5.41) is 12.9. The minimum Gasteiger partial charge on any atom is -0.399 e. The van der Waals surface area contributed by atoms with Gasteiger partial charge in [-0.25, -0.2) is 0 Å². The first-order chi connectivity index (χ1) is 9.78. The Morgan fingerprint density at radius 3 is 2.70 bits per heavy atom. The van der Waals surface area contributed by atoms with Crippen LogP contribution in [0.4, 0.5) is 0 Å². The molecule has 0 saturated heterocycles. The Bertz CT molecular complexity index is 637. The molecule has 1 heterocycles. The lowest BCUT2D eigenvalue weighted by Gasteiger charge is -2.21. The zero-order valence-corrected chi connectivity index (χ0v) is 11.7. The first kappa shape index (κ1) is 12.8. The predicted molar refractivity (Wildman–Crippen MR) is 78.5 cm³/mol. The van der Waals surface area contributed by atoms with Crippen molar-refractivity contribution in [3.8, 4) is 11.3 Å². The summed E-state index contributed by atoms with van der Waals surface area (Å²) in [5.41, 5.74) is 4.99. The van der Waals surface area contributed by atoms with E-state index in [-0.39, 0.29) is 0 Å². The van der Waals surface area contributed by atoms with Crippen molar-refractivity contribution in [1.82, 2.24) is 10.2 Å². The molecule has 1 aliphatic carbocycles. The fourth-order valence-corrected chi connectivity index (χ4v) is 2.61. The summed E-state index contributed by atoms with van der Waals surface area (Å²) in [4.78, 5) is 4.97. The molecule has 1 atom stereocenters. The van der Waals surface area contributed by atoms with Crippen molar-refractivity contribution in [3.63, 3.8) is 0 Å². The molecule has 4 heteroatoms. The fraction of sp³-hybridized carbons (Fsp3) is 0.312. The van der Waals surface area contributed by atoms with Crippen molar-refractivity contribution < 1.29 is 4.84 Å². The van der Waals surface area contributed by atoms with Gasteiger partial charge in [-0.2, -0.15) is 10.2 Å². The largest absolute Gasteiger partial charge is 0.399 e. The summed E-state index contributed by atoms with van der Waals surface area (Å²) in [7, 11) is 1.58. The van der Waals surface area contributed by atoms with E-state index in [1.165, 1.54) is 0 Å². The Kier molecular flexibility index (Phi) is 3.46. The van der Waals surface area contributed by atoms with Crippen LogP contribution in [0.15, 0.2) is 41.6 Å². The van der Waals surface area contributed by atoms with Crippen LogP contribution in [0.3, 0.4) is 0 Å². The van der Waals surface area contributed by atoms with E-state index in [0.29, 0.717) is 5.92 Å². The normalized spacial score (nSPS) is 19.7. The van der Waals surface area contributed by atoms with Gasteiger partial charge in [-0.05, 0) is 24.8 Å². The van der Waals surface area contributed by atoms with Gasteiger partial charge < -0.3 is 4.84 Å². The second-order valence-electron chi connectivity index (χ2n) is 5.19. The maximum atomic E-state index is 4.97. The van der Waals surface area contributed by atoms with E-state index < -0.39 is 0 Å². The molecular weight excluding hydrogens is 250 g/mol. The van der Waals surface area contributed by atoms with E-state index in [2.05, 4.69) is 28.3 Å². The van der Waals surface area contributed by atoms with Crippen molar-refractivity contribution in [1.29, 1.82) is 0 Å². The summed E-state index contributed by atoms with van der Waals surface area (Å²) in [6, 6.07) is 12.1. The second-order valence-corrected chi connectivity index (χ2v) is 5.19. The number of fused-ring (bicyclic) bond motifs is 1. The van der Waals surface area contributed by atoms with E-state index in [1.54, 1.807) is 7.11 Å². The van der Waals surface area contributed by atoms with Crippen LogP contribution in [0.25, 0.3) is 11.3 Å². The highest BCUT2D eigenvalue weighted by molar-refractivity contribution is 6.02. The molecule has 1 aromatic carbocycles. The van der Waals surface area contributed by atoms with Gasteiger partial charge >= 0.3 is 0 Å². The van der Waals surface area contributed by atoms with Gasteiger partial charge in [-0.1, -0.05) is 42.4 Å². The van der Waals surface area contributed by atoms with E-state index in [0.717, 1.165) is 41.1 Å². The molecular formula is C16H17N3O. The number of benzene rings is 1. The predicted octanol–water partition coefficient (Wildman–Crippen LogP) is 3.08. The topological polar surface area (TPSA) is 47.4 Å². The Balaban J connectivity index is 2.07. The number of aromatic nitrogens is 2. The molecule has 0 aliphatic heterocycles. The third kappa shape index (κ3) is 2.41. The van der Waals surface area contributed by atoms with E-state index in [4.69, 9.17) is 4.84 Å². The van der Waals surface area contributed by atoms with Crippen LogP contribution >= 0.6 is 0 Å². The molecule has 0 saturated carbocycles. The highest BCUT2D eigenvalue weighted by atomic mass is 16.6. The molecule has 0 unspecified atom stereocenters. The van der Waals surface area contributed by atoms with Crippen LogP contribution in [-0.4, -0.2) is 23.0 Å². The molecule has 0 N–H and O–H groups in total. The van der Waals surface area contributed by atoms with Gasteiger partial charge in [0.05, 0.1) is 17.1 Å². The quantitative estimate of drug-likeness (QED) is 0.786. The molecule has 0 amide bonds. The summed E-state index contributed by atoms with van der Waals surface area (Å²) in [6.07, 6.45) is 1.86. The third-order valence-corrected chi connectivity index (χ3v) is 3.54. The Hall–Kier alpha value is -2.23. The first-order valence-corrected chi connectivity index (χ1v) is 6.80. The molecule has 0 bridgehead atoms. The molecule has 0 fully saturated rings. The van der Waals surface area contributed by atoms with E-state index in [1.807, 2.05) is 30.3 Å². The van der Waals surface area contributed by atoms with Gasteiger partial charge in [0.2, 0.25) is 0 Å². The van der Waals surface area contributed by atoms with Gasteiger partial charge in [-0.15, -0.1) is 0 Å². The van der Waals surface area contributed by atoms with Gasteiger partial charge in [0, 0.05) is 11.1 Å². The van der Waals surface area contributed by atoms with Crippen LogP contribution in [0.2, 0.25) is 0 Å². The van der Waals surface area contributed by atoms with Crippen molar-refractivity contribution in [2.75, 3.05) is 7.11 Å². The molecule has 0 spiro atoms. The number of rotatable bonds is 2. The molecule has 102 valence electrons. The van der Waals surface area contributed by atoms with Gasteiger partial charge in [0.25, 0.3) is 0 Å². The Labute approximate surface area is 118 Å². The maximum Gasteiger partial charge on any atom is 0.106 e. The Morgan fingerprint density at radius 2 is 1.95 bits per heavy atom. The lowest BCUT2D eigenvalue weighted by molar-refractivity contribution is 0.212. The van der Waals surface area contributed by atoms with E-state index in [9.17, 15) is 0 Å². The molecule has 1 aromatic heterocycles. The smallest absolute Gasteiger partial charge is 0.106 e. The maximum absolute atomic E-state index is 4.97. The minimum absolute atomic E-state index is 0.522. The summed E-state index contributed by atoms with van der Waals surface area (Å²) in [6.45, 7) is 2.20. The third-order valence-electron chi connectivity index (χ3n) is 3.54. The van der Waals surface area contributed by atoms with Crippen molar-refractivity contribution >= 4 is 5.71 Å². The van der Waals surface area contributed by atoms with E-state index >= 15 is 0 Å². The monoisotopic (exact) mass is 267 g/mol. The lowest BCUT2D eigenvalue weighted by Crippen LogP contribution is -2.21. The highest BCUT2D eigenvalue weighted by Crippen LogP contribution is 2.27. The molecule has 3 rings (SSSR count). The fourth-order valence-electron chi connectivity index (χ4n) is 2.61. The first-order valence-electron chi connectivity index (χ1n) is 6.80. The summed E-state index contributed by atoms with van der Waals surface area (Å²) in [5.74, 6) is 0.522. The van der Waals surface area contributed by atoms with Gasteiger partial charge in [0.15, 0.2) is 0 Å².